The van der Waals surface area contributed by atoms with E-state index in [9.17, 15) is 4.79 Å². The van der Waals surface area contributed by atoms with Crippen LogP contribution in [0.25, 0.3) is 0 Å². The Balaban J connectivity index is 1.54. The molecular formula is C23H30N2O4. The second-order valence-electron chi connectivity index (χ2n) is 7.36. The van der Waals surface area contributed by atoms with Gasteiger partial charge < -0.3 is 14.2 Å². The van der Waals surface area contributed by atoms with Crippen molar-refractivity contribution < 1.29 is 19.0 Å². The van der Waals surface area contributed by atoms with Crippen LogP contribution in [-0.4, -0.2) is 69.1 Å². The number of benzene rings is 2. The zero-order valence-corrected chi connectivity index (χ0v) is 17.5. The van der Waals surface area contributed by atoms with Crippen LogP contribution in [0.3, 0.4) is 0 Å². The lowest BCUT2D eigenvalue weighted by molar-refractivity contribution is 0.0849. The first kappa shape index (κ1) is 21.1. The molecule has 29 heavy (non-hydrogen) atoms. The number of hydrogen-bond donors (Lipinski definition) is 0. The van der Waals surface area contributed by atoms with Crippen LogP contribution < -0.4 is 14.2 Å². The number of methoxy groups -OCH3 is 2. The quantitative estimate of drug-likeness (QED) is 0.605. The molecule has 1 saturated heterocycles. The number of ether oxygens (including phenoxy) is 3. The standard InChI is InChI=1S/C23H30N2O4/c1-18(29-23-21(27-2)13-20(17-26)14-22(23)28-3)15-24-9-11-25(12-10-24)16-19-7-5-4-6-8-19/h4-8,13-14,17-18H,9-12,15-16H2,1-3H3/t18-/m0/s1. The summed E-state index contributed by atoms with van der Waals surface area (Å²) in [6.45, 7) is 7.98. The van der Waals surface area contributed by atoms with E-state index in [1.54, 1.807) is 26.4 Å². The van der Waals surface area contributed by atoms with Gasteiger partial charge in [-0.15, -0.1) is 0 Å². The van der Waals surface area contributed by atoms with Crippen molar-refractivity contribution in [3.8, 4) is 17.2 Å². The second kappa shape index (κ2) is 10.3. The molecule has 1 aliphatic rings. The molecule has 3 rings (SSSR count). The largest absolute Gasteiger partial charge is 0.493 e. The molecule has 2 aromatic carbocycles. The molecule has 1 fully saturated rings. The third kappa shape index (κ3) is 5.71. The van der Waals surface area contributed by atoms with Crippen molar-refractivity contribution in [2.24, 2.45) is 0 Å². The number of carbonyl (C=O) groups excluding carboxylic acids is 1. The molecule has 0 radical (unpaired) electrons. The van der Waals surface area contributed by atoms with Crippen LogP contribution in [0.4, 0.5) is 0 Å². The maximum absolute atomic E-state index is 11.1. The molecule has 1 aliphatic heterocycles. The van der Waals surface area contributed by atoms with Crippen LogP contribution in [0.5, 0.6) is 17.2 Å². The van der Waals surface area contributed by atoms with E-state index >= 15 is 0 Å². The Kier molecular flexibility index (Phi) is 7.49. The molecular weight excluding hydrogens is 368 g/mol. The normalized spacial score (nSPS) is 16.2. The molecule has 0 spiro atoms. The Morgan fingerprint density at radius 1 is 0.966 bits per heavy atom. The van der Waals surface area contributed by atoms with Gasteiger partial charge in [-0.25, -0.2) is 0 Å². The number of aldehydes is 1. The van der Waals surface area contributed by atoms with Crippen LogP contribution in [0.15, 0.2) is 42.5 Å². The highest BCUT2D eigenvalue weighted by molar-refractivity contribution is 5.78. The predicted molar refractivity (Wildman–Crippen MR) is 113 cm³/mol. The first-order chi connectivity index (χ1) is 14.1. The van der Waals surface area contributed by atoms with E-state index in [0.717, 1.165) is 45.6 Å². The fourth-order valence-corrected chi connectivity index (χ4v) is 3.66. The summed E-state index contributed by atoms with van der Waals surface area (Å²) in [5, 5.41) is 0. The summed E-state index contributed by atoms with van der Waals surface area (Å²) in [6, 6.07) is 13.9. The Labute approximate surface area is 173 Å². The molecule has 6 heteroatoms. The predicted octanol–water partition coefficient (Wildman–Crippen LogP) is 3.10. The average Bonchev–Trinajstić information content (AvgIpc) is 2.75. The van der Waals surface area contributed by atoms with Crippen molar-refractivity contribution in [2.75, 3.05) is 46.9 Å². The van der Waals surface area contributed by atoms with Crippen molar-refractivity contribution in [1.82, 2.24) is 9.80 Å². The lowest BCUT2D eigenvalue weighted by Gasteiger charge is -2.36. The summed E-state index contributed by atoms with van der Waals surface area (Å²) >= 11 is 0. The monoisotopic (exact) mass is 398 g/mol. The van der Waals surface area contributed by atoms with Crippen LogP contribution >= 0.6 is 0 Å². The first-order valence-electron chi connectivity index (χ1n) is 9.99. The second-order valence-corrected chi connectivity index (χ2v) is 7.36. The zero-order valence-electron chi connectivity index (χ0n) is 17.5. The van der Waals surface area contributed by atoms with Crippen molar-refractivity contribution in [3.63, 3.8) is 0 Å². The molecule has 0 aliphatic carbocycles. The minimum Gasteiger partial charge on any atom is -0.493 e. The first-order valence-corrected chi connectivity index (χ1v) is 9.99. The van der Waals surface area contributed by atoms with Gasteiger partial charge in [-0.05, 0) is 24.6 Å². The molecule has 6 nitrogen and oxygen atoms in total. The highest BCUT2D eigenvalue weighted by atomic mass is 16.5. The van der Waals surface area contributed by atoms with E-state index in [1.807, 2.05) is 6.92 Å². The van der Waals surface area contributed by atoms with Gasteiger partial charge in [0.05, 0.1) is 14.2 Å². The van der Waals surface area contributed by atoms with Crippen molar-refractivity contribution in [2.45, 2.75) is 19.6 Å². The number of piperazine rings is 1. The van der Waals surface area contributed by atoms with Crippen molar-refractivity contribution in [1.29, 1.82) is 0 Å². The van der Waals surface area contributed by atoms with Gasteiger partial charge in [-0.2, -0.15) is 0 Å². The van der Waals surface area contributed by atoms with E-state index < -0.39 is 0 Å². The summed E-state index contributed by atoms with van der Waals surface area (Å²) in [5.74, 6) is 1.55. The zero-order chi connectivity index (χ0) is 20.6. The van der Waals surface area contributed by atoms with E-state index in [4.69, 9.17) is 14.2 Å². The molecule has 0 unspecified atom stereocenters. The lowest BCUT2D eigenvalue weighted by atomic mass is 10.2. The van der Waals surface area contributed by atoms with Gasteiger partial charge in [-0.1, -0.05) is 30.3 Å². The molecule has 1 atom stereocenters. The Morgan fingerprint density at radius 2 is 1.55 bits per heavy atom. The smallest absolute Gasteiger partial charge is 0.203 e. The van der Waals surface area contributed by atoms with Gasteiger partial charge in [0, 0.05) is 44.8 Å². The SMILES string of the molecule is COc1cc(C=O)cc(OC)c1O[C@@H](C)CN1CCN(Cc2ccccc2)CC1. The summed E-state index contributed by atoms with van der Waals surface area (Å²) in [6.07, 6.45) is 0.730. The summed E-state index contributed by atoms with van der Waals surface area (Å²) < 4.78 is 17.0. The minimum absolute atomic E-state index is 0.0412. The van der Waals surface area contributed by atoms with Gasteiger partial charge >= 0.3 is 0 Å². The number of nitrogens with zero attached hydrogens (tertiary/aromatic N) is 2. The molecule has 0 N–H and O–H groups in total. The Bertz CT molecular complexity index is 764. The van der Waals surface area contributed by atoms with Gasteiger partial charge in [0.15, 0.2) is 11.5 Å². The van der Waals surface area contributed by atoms with Crippen LogP contribution in [-0.2, 0) is 6.54 Å². The van der Waals surface area contributed by atoms with Gasteiger partial charge in [0.25, 0.3) is 0 Å². The maximum atomic E-state index is 11.1. The average molecular weight is 399 g/mol. The third-order valence-electron chi connectivity index (χ3n) is 5.17. The maximum Gasteiger partial charge on any atom is 0.203 e. The van der Waals surface area contributed by atoms with Gasteiger partial charge in [0.1, 0.15) is 12.4 Å². The van der Waals surface area contributed by atoms with Crippen LogP contribution in [0, 0.1) is 0 Å². The lowest BCUT2D eigenvalue weighted by Crippen LogP contribution is -2.48. The minimum atomic E-state index is -0.0412. The molecule has 0 amide bonds. The topological polar surface area (TPSA) is 51.2 Å². The third-order valence-corrected chi connectivity index (χ3v) is 5.17. The number of carbonyl (C=O) groups is 1. The Morgan fingerprint density at radius 3 is 2.10 bits per heavy atom. The Hall–Kier alpha value is -2.57. The fourth-order valence-electron chi connectivity index (χ4n) is 3.66. The van der Waals surface area contributed by atoms with Gasteiger partial charge in [0.2, 0.25) is 5.75 Å². The highest BCUT2D eigenvalue weighted by Gasteiger charge is 2.21. The molecule has 2 aromatic rings. The molecule has 0 saturated carbocycles. The fraction of sp³-hybridized carbons (Fsp3) is 0.435. The molecule has 0 aromatic heterocycles. The number of hydrogen-bond acceptors (Lipinski definition) is 6. The van der Waals surface area contributed by atoms with E-state index in [1.165, 1.54) is 5.56 Å². The van der Waals surface area contributed by atoms with Crippen LogP contribution in [0.2, 0.25) is 0 Å². The summed E-state index contributed by atoms with van der Waals surface area (Å²) in [4.78, 5) is 16.0. The molecule has 1 heterocycles. The summed E-state index contributed by atoms with van der Waals surface area (Å²) in [5.41, 5.74) is 1.85. The number of rotatable bonds is 9. The van der Waals surface area contributed by atoms with E-state index in [-0.39, 0.29) is 6.10 Å². The summed E-state index contributed by atoms with van der Waals surface area (Å²) in [7, 11) is 3.12. The van der Waals surface area contributed by atoms with Crippen molar-refractivity contribution in [3.05, 3.63) is 53.6 Å². The molecule has 156 valence electrons. The van der Waals surface area contributed by atoms with E-state index in [2.05, 4.69) is 40.1 Å². The molecule has 0 bridgehead atoms. The van der Waals surface area contributed by atoms with Crippen LogP contribution in [0.1, 0.15) is 22.8 Å². The van der Waals surface area contributed by atoms with Crippen molar-refractivity contribution >= 4 is 6.29 Å². The highest BCUT2D eigenvalue weighted by Crippen LogP contribution is 2.39. The van der Waals surface area contributed by atoms with Gasteiger partial charge in [-0.3, -0.25) is 14.6 Å². The van der Waals surface area contributed by atoms with E-state index in [0.29, 0.717) is 22.8 Å².